The summed E-state index contributed by atoms with van der Waals surface area (Å²) in [5.74, 6) is -0.0874. The summed E-state index contributed by atoms with van der Waals surface area (Å²) in [6.07, 6.45) is 0. The lowest BCUT2D eigenvalue weighted by atomic mass is 10.2. The molecule has 1 amide bonds. The van der Waals surface area contributed by atoms with E-state index < -0.39 is 0 Å². The van der Waals surface area contributed by atoms with Crippen LogP contribution >= 0.6 is 0 Å². The van der Waals surface area contributed by atoms with Crippen molar-refractivity contribution in [2.45, 2.75) is 27.3 Å². The van der Waals surface area contributed by atoms with Gasteiger partial charge in [0.2, 0.25) is 5.95 Å². The zero-order valence-electron chi connectivity index (χ0n) is 16.2. The molecule has 0 unspecified atom stereocenters. The largest absolute Gasteiger partial charge is 0.350 e. The SMILES string of the molecule is CCN(C(=O)c1cc(C)nc(NCc2ccc(F)cc2)n1)c1cccc(C)c1. The summed E-state index contributed by atoms with van der Waals surface area (Å²) in [4.78, 5) is 23.5. The van der Waals surface area contributed by atoms with Gasteiger partial charge >= 0.3 is 0 Å². The number of hydrogen-bond donors (Lipinski definition) is 1. The van der Waals surface area contributed by atoms with Crippen molar-refractivity contribution < 1.29 is 9.18 Å². The topological polar surface area (TPSA) is 58.1 Å². The molecule has 0 aliphatic carbocycles. The highest BCUT2D eigenvalue weighted by Gasteiger charge is 2.19. The van der Waals surface area contributed by atoms with E-state index in [1.807, 2.05) is 45.0 Å². The van der Waals surface area contributed by atoms with E-state index in [0.29, 0.717) is 30.4 Å². The fourth-order valence-electron chi connectivity index (χ4n) is 2.92. The van der Waals surface area contributed by atoms with Crippen LogP contribution in [-0.2, 0) is 6.54 Å². The van der Waals surface area contributed by atoms with Crippen LogP contribution in [0.1, 0.15) is 34.2 Å². The molecule has 0 bridgehead atoms. The molecule has 6 heteroatoms. The van der Waals surface area contributed by atoms with Crippen LogP contribution < -0.4 is 10.2 Å². The third-order valence-corrected chi connectivity index (χ3v) is 4.31. The molecule has 3 aromatic rings. The number of nitrogens with zero attached hydrogens (tertiary/aromatic N) is 3. The maximum absolute atomic E-state index is 13.1. The molecule has 1 N–H and O–H groups in total. The molecular formula is C22H23FN4O. The smallest absolute Gasteiger partial charge is 0.277 e. The molecule has 3 rings (SSSR count). The molecule has 144 valence electrons. The third-order valence-electron chi connectivity index (χ3n) is 4.31. The van der Waals surface area contributed by atoms with Crippen LogP contribution in [0.15, 0.2) is 54.6 Å². The minimum Gasteiger partial charge on any atom is -0.350 e. The number of nitrogens with one attached hydrogen (secondary N) is 1. The quantitative estimate of drug-likeness (QED) is 0.686. The highest BCUT2D eigenvalue weighted by atomic mass is 19.1. The fourth-order valence-corrected chi connectivity index (χ4v) is 2.92. The molecule has 0 aliphatic rings. The van der Waals surface area contributed by atoms with Gasteiger partial charge in [0, 0.05) is 24.5 Å². The Labute approximate surface area is 164 Å². The van der Waals surface area contributed by atoms with Gasteiger partial charge in [-0.15, -0.1) is 0 Å². The van der Waals surface area contributed by atoms with Crippen LogP contribution in [0.3, 0.4) is 0 Å². The first kappa shape index (κ1) is 19.5. The maximum atomic E-state index is 13.1. The van der Waals surface area contributed by atoms with Crippen molar-refractivity contribution in [2.75, 3.05) is 16.8 Å². The summed E-state index contributed by atoms with van der Waals surface area (Å²) in [5.41, 5.74) is 3.85. The molecule has 0 atom stereocenters. The van der Waals surface area contributed by atoms with Crippen molar-refractivity contribution in [3.63, 3.8) is 0 Å². The Kier molecular flexibility index (Phi) is 5.99. The Morgan fingerprint density at radius 1 is 1.07 bits per heavy atom. The minimum absolute atomic E-state index is 0.177. The number of halogens is 1. The third kappa shape index (κ3) is 4.71. The van der Waals surface area contributed by atoms with Gasteiger partial charge in [-0.2, -0.15) is 0 Å². The molecule has 2 aromatic carbocycles. The number of carbonyl (C=O) groups excluding carboxylic acids is 1. The van der Waals surface area contributed by atoms with Crippen LogP contribution in [-0.4, -0.2) is 22.4 Å². The Bertz CT molecular complexity index is 973. The Morgan fingerprint density at radius 2 is 1.82 bits per heavy atom. The summed E-state index contributed by atoms with van der Waals surface area (Å²) in [6, 6.07) is 15.7. The van der Waals surface area contributed by atoms with Gasteiger partial charge in [-0.05, 0) is 62.2 Å². The Morgan fingerprint density at radius 3 is 2.50 bits per heavy atom. The number of rotatable bonds is 6. The van der Waals surface area contributed by atoms with Crippen molar-refractivity contribution in [3.05, 3.63) is 82.9 Å². The fraction of sp³-hybridized carbons (Fsp3) is 0.227. The first-order chi connectivity index (χ1) is 13.5. The summed E-state index contributed by atoms with van der Waals surface area (Å²) in [6.45, 7) is 6.72. The molecule has 5 nitrogen and oxygen atoms in total. The highest BCUT2D eigenvalue weighted by Crippen LogP contribution is 2.19. The average molecular weight is 378 g/mol. The lowest BCUT2D eigenvalue weighted by Crippen LogP contribution is -2.31. The number of hydrogen-bond acceptors (Lipinski definition) is 4. The Balaban J connectivity index is 1.81. The van der Waals surface area contributed by atoms with Crippen molar-refractivity contribution in [3.8, 4) is 0 Å². The van der Waals surface area contributed by atoms with Crippen LogP contribution in [0, 0.1) is 19.7 Å². The molecule has 0 radical (unpaired) electrons. The lowest BCUT2D eigenvalue weighted by molar-refractivity contribution is 0.0983. The molecule has 0 spiro atoms. The molecule has 1 aromatic heterocycles. The highest BCUT2D eigenvalue weighted by molar-refractivity contribution is 6.05. The second kappa shape index (κ2) is 8.61. The van der Waals surface area contributed by atoms with Gasteiger partial charge in [-0.1, -0.05) is 24.3 Å². The second-order valence-corrected chi connectivity index (χ2v) is 6.59. The van der Waals surface area contributed by atoms with E-state index in [4.69, 9.17) is 0 Å². The molecular weight excluding hydrogens is 355 g/mol. The van der Waals surface area contributed by atoms with Gasteiger partial charge in [-0.3, -0.25) is 4.79 Å². The standard InChI is InChI=1S/C22H23FN4O/c1-4-27(19-7-5-6-15(2)12-19)21(28)20-13-16(3)25-22(26-20)24-14-17-8-10-18(23)11-9-17/h5-13H,4,14H2,1-3H3,(H,24,25,26). The van der Waals surface area contributed by atoms with E-state index in [1.165, 1.54) is 12.1 Å². The molecule has 1 heterocycles. The van der Waals surface area contributed by atoms with Crippen molar-refractivity contribution in [1.82, 2.24) is 9.97 Å². The van der Waals surface area contributed by atoms with Crippen LogP contribution in [0.25, 0.3) is 0 Å². The van der Waals surface area contributed by atoms with E-state index >= 15 is 0 Å². The monoisotopic (exact) mass is 378 g/mol. The van der Waals surface area contributed by atoms with Crippen molar-refractivity contribution in [1.29, 1.82) is 0 Å². The van der Waals surface area contributed by atoms with Crippen LogP contribution in [0.5, 0.6) is 0 Å². The van der Waals surface area contributed by atoms with E-state index in [0.717, 1.165) is 16.8 Å². The summed E-state index contributed by atoms with van der Waals surface area (Å²) >= 11 is 0. The van der Waals surface area contributed by atoms with Gasteiger partial charge in [0.05, 0.1) is 0 Å². The molecule has 0 fully saturated rings. The average Bonchev–Trinajstić information content (AvgIpc) is 2.68. The van der Waals surface area contributed by atoms with E-state index in [9.17, 15) is 9.18 Å². The summed E-state index contributed by atoms with van der Waals surface area (Å²) in [5, 5.41) is 3.11. The van der Waals surface area contributed by atoms with Crippen molar-refractivity contribution in [2.24, 2.45) is 0 Å². The van der Waals surface area contributed by atoms with Gasteiger partial charge in [0.25, 0.3) is 5.91 Å². The molecule has 0 saturated carbocycles. The van der Waals surface area contributed by atoms with Crippen LogP contribution in [0.2, 0.25) is 0 Å². The molecule has 28 heavy (non-hydrogen) atoms. The zero-order valence-corrected chi connectivity index (χ0v) is 16.2. The normalized spacial score (nSPS) is 10.6. The zero-order chi connectivity index (χ0) is 20.1. The second-order valence-electron chi connectivity index (χ2n) is 6.59. The number of anilines is 2. The van der Waals surface area contributed by atoms with Crippen LogP contribution in [0.4, 0.5) is 16.0 Å². The van der Waals surface area contributed by atoms with Gasteiger partial charge < -0.3 is 10.2 Å². The lowest BCUT2D eigenvalue weighted by Gasteiger charge is -2.21. The van der Waals surface area contributed by atoms with E-state index in [1.54, 1.807) is 23.1 Å². The summed E-state index contributed by atoms with van der Waals surface area (Å²) < 4.78 is 13.0. The number of amides is 1. The molecule has 0 saturated heterocycles. The van der Waals surface area contributed by atoms with E-state index in [2.05, 4.69) is 15.3 Å². The first-order valence-electron chi connectivity index (χ1n) is 9.19. The summed E-state index contributed by atoms with van der Waals surface area (Å²) in [7, 11) is 0. The maximum Gasteiger partial charge on any atom is 0.277 e. The number of carbonyl (C=O) groups is 1. The number of benzene rings is 2. The molecule has 0 aliphatic heterocycles. The van der Waals surface area contributed by atoms with Crippen molar-refractivity contribution >= 4 is 17.5 Å². The minimum atomic E-state index is -0.278. The number of aromatic nitrogens is 2. The Hall–Kier alpha value is -3.28. The predicted octanol–water partition coefficient (Wildman–Crippen LogP) is 4.51. The van der Waals surface area contributed by atoms with E-state index in [-0.39, 0.29) is 11.7 Å². The predicted molar refractivity (Wildman–Crippen MR) is 109 cm³/mol. The number of aryl methyl sites for hydroxylation is 2. The van der Waals surface area contributed by atoms with Gasteiger partial charge in [0.1, 0.15) is 11.5 Å². The van der Waals surface area contributed by atoms with Gasteiger partial charge in [-0.25, -0.2) is 14.4 Å². The van der Waals surface area contributed by atoms with Gasteiger partial charge in [0.15, 0.2) is 0 Å². The first-order valence-corrected chi connectivity index (χ1v) is 9.19.